The summed E-state index contributed by atoms with van der Waals surface area (Å²) in [7, 11) is 3.21. The van der Waals surface area contributed by atoms with Crippen LogP contribution in [0.5, 0.6) is 0 Å². The zero-order chi connectivity index (χ0) is 20.6. The molecular weight excluding hydrogens is 370 g/mol. The number of aromatic nitrogens is 1. The molecule has 7 heteroatoms. The highest BCUT2D eigenvalue weighted by molar-refractivity contribution is 6.35. The van der Waals surface area contributed by atoms with E-state index >= 15 is 0 Å². The Morgan fingerprint density at radius 2 is 1.55 bits per heavy atom. The standard InChI is InChI=1S/C22H25N3O4/c1-28-14-12-24(13-15-29-2)20-19(17-8-4-3-5-9-17)21(26)25(22(20)27)16-18-10-6-7-11-23-18/h3-11H,12-16H2,1-2H3. The molecule has 29 heavy (non-hydrogen) atoms. The van der Waals surface area contributed by atoms with Crippen LogP contribution in [0.2, 0.25) is 0 Å². The van der Waals surface area contributed by atoms with Gasteiger partial charge in [0.2, 0.25) is 0 Å². The molecule has 2 heterocycles. The second kappa shape index (κ2) is 9.95. The molecule has 1 aliphatic rings. The van der Waals surface area contributed by atoms with Crippen molar-refractivity contribution in [2.45, 2.75) is 6.54 Å². The number of hydrogen-bond donors (Lipinski definition) is 0. The monoisotopic (exact) mass is 395 g/mol. The molecule has 0 bridgehead atoms. The smallest absolute Gasteiger partial charge is 0.278 e. The van der Waals surface area contributed by atoms with E-state index in [1.54, 1.807) is 32.5 Å². The van der Waals surface area contributed by atoms with Crippen LogP contribution in [0.25, 0.3) is 5.57 Å². The lowest BCUT2D eigenvalue weighted by Gasteiger charge is -2.25. The van der Waals surface area contributed by atoms with Crippen molar-refractivity contribution in [1.29, 1.82) is 0 Å². The van der Waals surface area contributed by atoms with Gasteiger partial charge in [-0.15, -0.1) is 0 Å². The number of pyridine rings is 1. The van der Waals surface area contributed by atoms with E-state index < -0.39 is 0 Å². The van der Waals surface area contributed by atoms with Crippen LogP contribution in [0, 0.1) is 0 Å². The third-order valence-electron chi connectivity index (χ3n) is 4.70. The lowest BCUT2D eigenvalue weighted by molar-refractivity contribution is -0.138. The molecule has 3 rings (SSSR count). The fourth-order valence-corrected chi connectivity index (χ4v) is 3.26. The van der Waals surface area contributed by atoms with Gasteiger partial charge in [-0.2, -0.15) is 0 Å². The number of imide groups is 1. The van der Waals surface area contributed by atoms with E-state index in [2.05, 4.69) is 4.98 Å². The van der Waals surface area contributed by atoms with Gasteiger partial charge in [-0.1, -0.05) is 36.4 Å². The van der Waals surface area contributed by atoms with Gasteiger partial charge in [0, 0.05) is 33.5 Å². The molecule has 0 spiro atoms. The molecule has 2 amide bonds. The minimum Gasteiger partial charge on any atom is -0.383 e. The van der Waals surface area contributed by atoms with Crippen LogP contribution in [0.1, 0.15) is 11.3 Å². The molecular formula is C22H25N3O4. The van der Waals surface area contributed by atoms with Crippen molar-refractivity contribution in [3.63, 3.8) is 0 Å². The maximum atomic E-state index is 13.4. The van der Waals surface area contributed by atoms with Crippen LogP contribution in [-0.4, -0.2) is 67.1 Å². The Morgan fingerprint density at radius 1 is 0.897 bits per heavy atom. The summed E-state index contributed by atoms with van der Waals surface area (Å²) < 4.78 is 10.4. The predicted molar refractivity (Wildman–Crippen MR) is 108 cm³/mol. The lowest BCUT2D eigenvalue weighted by atomic mass is 10.0. The van der Waals surface area contributed by atoms with E-state index in [0.717, 1.165) is 0 Å². The molecule has 1 aromatic carbocycles. The van der Waals surface area contributed by atoms with E-state index in [1.165, 1.54) is 4.90 Å². The van der Waals surface area contributed by atoms with Gasteiger partial charge in [0.25, 0.3) is 11.8 Å². The van der Waals surface area contributed by atoms with Crippen LogP contribution >= 0.6 is 0 Å². The molecule has 2 aromatic rings. The van der Waals surface area contributed by atoms with E-state index in [0.29, 0.717) is 48.8 Å². The van der Waals surface area contributed by atoms with Crippen molar-refractivity contribution >= 4 is 17.4 Å². The number of rotatable bonds is 10. The predicted octanol–water partition coefficient (Wildman–Crippen LogP) is 1.96. The normalized spacial score (nSPS) is 14.1. The number of nitrogens with zero attached hydrogens (tertiary/aromatic N) is 3. The summed E-state index contributed by atoms with van der Waals surface area (Å²) in [6, 6.07) is 14.7. The van der Waals surface area contributed by atoms with Gasteiger partial charge in [-0.3, -0.25) is 19.5 Å². The molecule has 1 aliphatic heterocycles. The zero-order valence-electron chi connectivity index (χ0n) is 16.7. The maximum absolute atomic E-state index is 13.4. The minimum atomic E-state index is -0.327. The van der Waals surface area contributed by atoms with Gasteiger partial charge in [-0.25, -0.2) is 0 Å². The van der Waals surface area contributed by atoms with Crippen LogP contribution in [0.4, 0.5) is 0 Å². The number of hydrogen-bond acceptors (Lipinski definition) is 6. The first-order chi connectivity index (χ1) is 14.2. The van der Waals surface area contributed by atoms with Crippen LogP contribution in [-0.2, 0) is 25.6 Å². The highest BCUT2D eigenvalue weighted by Crippen LogP contribution is 2.32. The van der Waals surface area contributed by atoms with E-state index in [4.69, 9.17) is 9.47 Å². The second-order valence-electron chi connectivity index (χ2n) is 6.58. The summed E-state index contributed by atoms with van der Waals surface area (Å²) in [6.07, 6.45) is 1.65. The van der Waals surface area contributed by atoms with Gasteiger partial charge >= 0.3 is 0 Å². The summed E-state index contributed by atoms with van der Waals surface area (Å²) in [4.78, 5) is 34.1. The quantitative estimate of drug-likeness (QED) is 0.573. The van der Waals surface area contributed by atoms with Crippen molar-refractivity contribution in [1.82, 2.24) is 14.8 Å². The molecule has 0 N–H and O–H groups in total. The van der Waals surface area contributed by atoms with E-state index in [1.807, 2.05) is 41.3 Å². The summed E-state index contributed by atoms with van der Waals surface area (Å²) >= 11 is 0. The molecule has 0 saturated heterocycles. The Labute approximate surface area is 170 Å². The molecule has 7 nitrogen and oxygen atoms in total. The Hall–Kier alpha value is -3.03. The third kappa shape index (κ3) is 4.70. The van der Waals surface area contributed by atoms with Crippen LogP contribution < -0.4 is 0 Å². The second-order valence-corrected chi connectivity index (χ2v) is 6.58. The molecule has 0 fully saturated rings. The first kappa shape index (κ1) is 20.7. The lowest BCUT2D eigenvalue weighted by Crippen LogP contribution is -2.37. The van der Waals surface area contributed by atoms with Crippen LogP contribution in [0.15, 0.2) is 60.4 Å². The fraction of sp³-hybridized carbons (Fsp3) is 0.318. The topological polar surface area (TPSA) is 72.0 Å². The first-order valence-electron chi connectivity index (χ1n) is 9.46. The number of methoxy groups -OCH3 is 2. The SMILES string of the molecule is COCCN(CCOC)C1=C(c2ccccc2)C(=O)N(Cc2ccccn2)C1=O. The van der Waals surface area contributed by atoms with Gasteiger partial charge < -0.3 is 14.4 Å². The van der Waals surface area contributed by atoms with Gasteiger partial charge in [0.05, 0.1) is 31.0 Å². The Balaban J connectivity index is 2.01. The van der Waals surface area contributed by atoms with Crippen molar-refractivity contribution in [3.05, 3.63) is 71.7 Å². The Bertz CT molecular complexity index is 860. The van der Waals surface area contributed by atoms with Crippen molar-refractivity contribution < 1.29 is 19.1 Å². The highest BCUT2D eigenvalue weighted by Gasteiger charge is 2.41. The van der Waals surface area contributed by atoms with Crippen molar-refractivity contribution in [2.24, 2.45) is 0 Å². The average Bonchev–Trinajstić information content (AvgIpc) is 3.00. The molecule has 0 radical (unpaired) electrons. The molecule has 0 aliphatic carbocycles. The molecule has 0 atom stereocenters. The molecule has 0 unspecified atom stereocenters. The molecule has 152 valence electrons. The summed E-state index contributed by atoms with van der Waals surface area (Å²) in [6.45, 7) is 1.93. The molecule has 1 aromatic heterocycles. The zero-order valence-corrected chi connectivity index (χ0v) is 16.7. The van der Waals surface area contributed by atoms with Crippen molar-refractivity contribution in [3.8, 4) is 0 Å². The van der Waals surface area contributed by atoms with E-state index in [-0.39, 0.29) is 18.4 Å². The highest BCUT2D eigenvalue weighted by atomic mass is 16.5. The van der Waals surface area contributed by atoms with Crippen LogP contribution in [0.3, 0.4) is 0 Å². The average molecular weight is 395 g/mol. The Kier molecular flexibility index (Phi) is 7.10. The summed E-state index contributed by atoms with van der Waals surface area (Å²) in [5, 5.41) is 0. The van der Waals surface area contributed by atoms with Crippen molar-refractivity contribution in [2.75, 3.05) is 40.5 Å². The van der Waals surface area contributed by atoms with E-state index in [9.17, 15) is 9.59 Å². The maximum Gasteiger partial charge on any atom is 0.278 e. The van der Waals surface area contributed by atoms with Gasteiger partial charge in [0.15, 0.2) is 0 Å². The minimum absolute atomic E-state index is 0.126. The Morgan fingerprint density at radius 3 is 2.14 bits per heavy atom. The van der Waals surface area contributed by atoms with Gasteiger partial charge in [-0.05, 0) is 17.7 Å². The third-order valence-corrected chi connectivity index (χ3v) is 4.70. The summed E-state index contributed by atoms with van der Waals surface area (Å²) in [5.74, 6) is -0.645. The number of carbonyl (C=O) groups excluding carboxylic acids is 2. The summed E-state index contributed by atoms with van der Waals surface area (Å²) in [5.41, 5.74) is 2.15. The number of ether oxygens (including phenoxy) is 2. The number of carbonyl (C=O) groups is 2. The first-order valence-corrected chi connectivity index (χ1v) is 9.46. The van der Waals surface area contributed by atoms with Gasteiger partial charge in [0.1, 0.15) is 5.70 Å². The largest absolute Gasteiger partial charge is 0.383 e. The number of benzene rings is 1. The number of amides is 2. The molecule has 0 saturated carbocycles. The fourth-order valence-electron chi connectivity index (χ4n) is 3.26.